The quantitative estimate of drug-likeness (QED) is 0.610. The van der Waals surface area contributed by atoms with Gasteiger partial charge in [-0.25, -0.2) is 9.59 Å². The zero-order chi connectivity index (χ0) is 22.3. The van der Waals surface area contributed by atoms with E-state index in [1.807, 2.05) is 0 Å². The molecule has 0 aliphatic carbocycles. The highest BCUT2D eigenvalue weighted by atomic mass is 35.5. The fourth-order valence-electron chi connectivity index (χ4n) is 2.77. The molecule has 0 aliphatic rings. The molecule has 1 atom stereocenters. The van der Waals surface area contributed by atoms with E-state index in [0.717, 1.165) is 0 Å². The SMILES string of the molecule is CCOC(=O)C(NC(=O)Nc1ccccc1Cl)(c1nc(OC)cc(OC)n1)C(C)C. The fourth-order valence-corrected chi connectivity index (χ4v) is 2.95. The Morgan fingerprint density at radius 1 is 1.13 bits per heavy atom. The van der Waals surface area contributed by atoms with Gasteiger partial charge in [0.25, 0.3) is 0 Å². The number of hydrogen-bond donors (Lipinski definition) is 2. The summed E-state index contributed by atoms with van der Waals surface area (Å²) in [5.74, 6) is -0.907. The van der Waals surface area contributed by atoms with Crippen molar-refractivity contribution in [3.63, 3.8) is 0 Å². The molecule has 1 aromatic heterocycles. The molecular weight excluding hydrogens is 412 g/mol. The summed E-state index contributed by atoms with van der Waals surface area (Å²) in [6.45, 7) is 5.24. The van der Waals surface area contributed by atoms with E-state index in [-0.39, 0.29) is 24.2 Å². The molecule has 2 amide bonds. The molecule has 2 aromatic rings. The lowest BCUT2D eigenvalue weighted by atomic mass is 9.85. The number of rotatable bonds is 8. The largest absolute Gasteiger partial charge is 0.481 e. The van der Waals surface area contributed by atoms with Crippen LogP contribution in [0.15, 0.2) is 30.3 Å². The lowest BCUT2D eigenvalue weighted by molar-refractivity contribution is -0.153. The third-order valence-electron chi connectivity index (χ3n) is 4.35. The Hall–Kier alpha value is -3.07. The third kappa shape index (κ3) is 4.91. The van der Waals surface area contributed by atoms with E-state index in [0.29, 0.717) is 10.7 Å². The number of hydrogen-bond acceptors (Lipinski definition) is 7. The average Bonchev–Trinajstić information content (AvgIpc) is 2.73. The molecule has 2 N–H and O–H groups in total. The maximum absolute atomic E-state index is 13.1. The molecule has 0 bridgehead atoms. The van der Waals surface area contributed by atoms with Crippen molar-refractivity contribution < 1.29 is 23.8 Å². The first-order chi connectivity index (χ1) is 14.3. The Kier molecular flexibility index (Phi) is 7.82. The van der Waals surface area contributed by atoms with Crippen molar-refractivity contribution in [2.45, 2.75) is 26.3 Å². The summed E-state index contributed by atoms with van der Waals surface area (Å²) in [7, 11) is 2.84. The first kappa shape index (κ1) is 23.2. The molecule has 30 heavy (non-hydrogen) atoms. The second-order valence-corrected chi connectivity index (χ2v) is 6.93. The smallest absolute Gasteiger partial charge is 0.340 e. The molecule has 0 saturated carbocycles. The molecule has 0 spiro atoms. The van der Waals surface area contributed by atoms with Gasteiger partial charge in [-0.1, -0.05) is 37.6 Å². The lowest BCUT2D eigenvalue weighted by Gasteiger charge is -2.34. The van der Waals surface area contributed by atoms with E-state index in [4.69, 9.17) is 25.8 Å². The van der Waals surface area contributed by atoms with Gasteiger partial charge in [-0.3, -0.25) is 0 Å². The van der Waals surface area contributed by atoms with Crippen LogP contribution in [0, 0.1) is 5.92 Å². The Labute approximate surface area is 180 Å². The number of nitrogens with one attached hydrogen (secondary N) is 2. The van der Waals surface area contributed by atoms with Gasteiger partial charge in [0.05, 0.1) is 37.6 Å². The normalized spacial score (nSPS) is 12.6. The number of aromatic nitrogens is 2. The Morgan fingerprint density at radius 3 is 2.23 bits per heavy atom. The number of ether oxygens (including phenoxy) is 3. The van der Waals surface area contributed by atoms with Gasteiger partial charge in [0.15, 0.2) is 5.82 Å². The van der Waals surface area contributed by atoms with E-state index >= 15 is 0 Å². The van der Waals surface area contributed by atoms with E-state index in [9.17, 15) is 9.59 Å². The molecular formula is C20H25ClN4O5. The topological polar surface area (TPSA) is 112 Å². The van der Waals surface area contributed by atoms with Crippen LogP contribution in [-0.4, -0.2) is 42.8 Å². The van der Waals surface area contributed by atoms with E-state index in [1.54, 1.807) is 45.0 Å². The third-order valence-corrected chi connectivity index (χ3v) is 4.68. The summed E-state index contributed by atoms with van der Waals surface area (Å²) < 4.78 is 15.7. The van der Waals surface area contributed by atoms with Crippen LogP contribution in [0.3, 0.4) is 0 Å². The number of carbonyl (C=O) groups is 2. The van der Waals surface area contributed by atoms with Gasteiger partial charge < -0.3 is 24.8 Å². The molecule has 162 valence electrons. The summed E-state index contributed by atoms with van der Waals surface area (Å²) in [4.78, 5) is 34.6. The van der Waals surface area contributed by atoms with Crippen molar-refractivity contribution in [1.82, 2.24) is 15.3 Å². The molecule has 0 aliphatic heterocycles. The highest BCUT2D eigenvalue weighted by Gasteiger charge is 2.50. The maximum atomic E-state index is 13.1. The predicted molar refractivity (Wildman–Crippen MR) is 112 cm³/mol. The summed E-state index contributed by atoms with van der Waals surface area (Å²) in [6.07, 6.45) is 0. The van der Waals surface area contributed by atoms with Gasteiger partial charge in [0.2, 0.25) is 17.3 Å². The monoisotopic (exact) mass is 436 g/mol. The van der Waals surface area contributed by atoms with E-state index < -0.39 is 23.5 Å². The minimum absolute atomic E-state index is 0.0264. The molecule has 1 heterocycles. The van der Waals surface area contributed by atoms with Crippen molar-refractivity contribution >= 4 is 29.3 Å². The first-order valence-electron chi connectivity index (χ1n) is 9.26. The minimum atomic E-state index is -1.72. The molecule has 10 heteroatoms. The zero-order valence-corrected chi connectivity index (χ0v) is 18.2. The van der Waals surface area contributed by atoms with Crippen LogP contribution in [0.5, 0.6) is 11.8 Å². The fraction of sp³-hybridized carbons (Fsp3) is 0.400. The molecule has 9 nitrogen and oxygen atoms in total. The summed E-state index contributed by atoms with van der Waals surface area (Å²) in [5, 5.41) is 5.67. The number of benzene rings is 1. The van der Waals surface area contributed by atoms with Gasteiger partial charge >= 0.3 is 12.0 Å². The molecule has 0 fully saturated rings. The number of para-hydroxylation sites is 1. The van der Waals surface area contributed by atoms with Gasteiger partial charge in [-0.15, -0.1) is 0 Å². The molecule has 2 rings (SSSR count). The van der Waals surface area contributed by atoms with Crippen LogP contribution in [0.2, 0.25) is 5.02 Å². The molecule has 1 unspecified atom stereocenters. The molecule has 0 saturated heterocycles. The number of amides is 2. The van der Waals surface area contributed by atoms with E-state index in [1.165, 1.54) is 20.3 Å². The summed E-state index contributed by atoms with van der Waals surface area (Å²) in [5.41, 5.74) is -1.34. The average molecular weight is 437 g/mol. The number of halogens is 1. The number of carbonyl (C=O) groups excluding carboxylic acids is 2. The second kappa shape index (κ2) is 10.1. The van der Waals surface area contributed by atoms with Crippen LogP contribution < -0.4 is 20.1 Å². The van der Waals surface area contributed by atoms with E-state index in [2.05, 4.69) is 20.6 Å². The van der Waals surface area contributed by atoms with Crippen molar-refractivity contribution in [3.8, 4) is 11.8 Å². The summed E-state index contributed by atoms with van der Waals surface area (Å²) >= 11 is 6.12. The lowest BCUT2D eigenvalue weighted by Crippen LogP contribution is -2.58. The van der Waals surface area contributed by atoms with Crippen LogP contribution in [-0.2, 0) is 15.1 Å². The van der Waals surface area contributed by atoms with Crippen LogP contribution in [0.4, 0.5) is 10.5 Å². The highest BCUT2D eigenvalue weighted by molar-refractivity contribution is 6.33. The van der Waals surface area contributed by atoms with Gasteiger partial charge in [-0.2, -0.15) is 9.97 Å². The maximum Gasteiger partial charge on any atom is 0.340 e. The minimum Gasteiger partial charge on any atom is -0.481 e. The van der Waals surface area contributed by atoms with Crippen LogP contribution in [0.25, 0.3) is 0 Å². The van der Waals surface area contributed by atoms with Crippen LogP contribution in [0.1, 0.15) is 26.6 Å². The van der Waals surface area contributed by atoms with Crippen LogP contribution >= 0.6 is 11.6 Å². The van der Waals surface area contributed by atoms with Gasteiger partial charge in [0.1, 0.15) is 0 Å². The number of esters is 1. The molecule has 0 radical (unpaired) electrons. The number of anilines is 1. The van der Waals surface area contributed by atoms with Crippen molar-refractivity contribution in [2.75, 3.05) is 26.1 Å². The predicted octanol–water partition coefficient (Wildman–Crippen LogP) is 3.38. The van der Waals surface area contributed by atoms with Crippen molar-refractivity contribution in [1.29, 1.82) is 0 Å². The number of nitrogens with zero attached hydrogens (tertiary/aromatic N) is 2. The summed E-state index contributed by atoms with van der Waals surface area (Å²) in [6, 6.07) is 7.50. The highest BCUT2D eigenvalue weighted by Crippen LogP contribution is 2.32. The van der Waals surface area contributed by atoms with Crippen molar-refractivity contribution in [2.24, 2.45) is 5.92 Å². The first-order valence-corrected chi connectivity index (χ1v) is 9.64. The Morgan fingerprint density at radius 2 is 1.73 bits per heavy atom. The Bertz CT molecular complexity index is 886. The zero-order valence-electron chi connectivity index (χ0n) is 17.5. The van der Waals surface area contributed by atoms with Crippen molar-refractivity contribution in [3.05, 3.63) is 41.2 Å². The Balaban J connectivity index is 2.55. The van der Waals surface area contributed by atoms with Gasteiger partial charge in [-0.05, 0) is 25.0 Å². The standard InChI is InChI=1S/C20H25ClN4O5/c1-6-30-18(26)20(12(2)3,17-23-15(28-4)11-16(24-17)29-5)25-19(27)22-14-10-8-7-9-13(14)21/h7-12H,6H2,1-5H3,(H2,22,25,27). The number of urea groups is 1. The number of methoxy groups -OCH3 is 2. The second-order valence-electron chi connectivity index (χ2n) is 6.52. The van der Waals surface area contributed by atoms with Gasteiger partial charge in [0, 0.05) is 0 Å². The molecule has 1 aromatic carbocycles.